The number of hydrogen-bond donors (Lipinski definition) is 0. The SMILES string of the molecule is O=C(CN1C(=O)/C(=C/c2ccccc2)Sc2ccccc21)N1CCC(Cc2ccccc2)CC1. The van der Waals surface area contributed by atoms with Gasteiger partial charge >= 0.3 is 0 Å². The molecule has 2 aliphatic heterocycles. The lowest BCUT2D eigenvalue weighted by Gasteiger charge is -2.35. The maximum Gasteiger partial charge on any atom is 0.265 e. The number of rotatable bonds is 5. The monoisotopic (exact) mass is 468 g/mol. The van der Waals surface area contributed by atoms with Gasteiger partial charge in [-0.3, -0.25) is 14.5 Å². The molecule has 5 rings (SSSR count). The average Bonchev–Trinajstić information content (AvgIpc) is 2.88. The number of piperidine rings is 1. The molecule has 0 bridgehead atoms. The molecule has 0 radical (unpaired) electrons. The number of anilines is 1. The summed E-state index contributed by atoms with van der Waals surface area (Å²) in [7, 11) is 0. The highest BCUT2D eigenvalue weighted by molar-refractivity contribution is 8.04. The summed E-state index contributed by atoms with van der Waals surface area (Å²) < 4.78 is 0. The largest absolute Gasteiger partial charge is 0.341 e. The van der Waals surface area contributed by atoms with Crippen molar-refractivity contribution in [2.24, 2.45) is 5.92 Å². The lowest BCUT2D eigenvalue weighted by atomic mass is 9.90. The van der Waals surface area contributed by atoms with Crippen LogP contribution in [0.2, 0.25) is 0 Å². The number of carbonyl (C=O) groups excluding carboxylic acids is 2. The summed E-state index contributed by atoms with van der Waals surface area (Å²) in [6.45, 7) is 1.58. The summed E-state index contributed by atoms with van der Waals surface area (Å²) in [5, 5.41) is 0. The fraction of sp³-hybridized carbons (Fsp3) is 0.241. The predicted octanol–water partition coefficient (Wildman–Crippen LogP) is 5.65. The van der Waals surface area contributed by atoms with Gasteiger partial charge in [0.25, 0.3) is 5.91 Å². The molecule has 0 N–H and O–H groups in total. The van der Waals surface area contributed by atoms with E-state index in [9.17, 15) is 9.59 Å². The molecule has 2 aliphatic rings. The maximum absolute atomic E-state index is 13.4. The Bertz CT molecular complexity index is 1190. The minimum absolute atomic E-state index is 0.0206. The van der Waals surface area contributed by atoms with Crippen molar-refractivity contribution in [2.75, 3.05) is 24.5 Å². The van der Waals surface area contributed by atoms with Crippen LogP contribution < -0.4 is 4.90 Å². The van der Waals surface area contributed by atoms with Crippen LogP contribution in [0.3, 0.4) is 0 Å². The molecular weight excluding hydrogens is 440 g/mol. The van der Waals surface area contributed by atoms with Gasteiger partial charge in [0.1, 0.15) is 6.54 Å². The molecule has 0 aliphatic carbocycles. The van der Waals surface area contributed by atoms with Crippen molar-refractivity contribution in [3.05, 3.63) is 101 Å². The molecule has 0 aromatic heterocycles. The molecule has 0 unspecified atom stereocenters. The van der Waals surface area contributed by atoms with E-state index < -0.39 is 0 Å². The normalized spacial score (nSPS) is 17.6. The first-order valence-electron chi connectivity index (χ1n) is 11.8. The number of amides is 2. The third-order valence-corrected chi connectivity index (χ3v) is 7.63. The first-order chi connectivity index (χ1) is 16.7. The quantitative estimate of drug-likeness (QED) is 0.455. The highest BCUT2D eigenvalue weighted by Crippen LogP contribution is 2.42. The summed E-state index contributed by atoms with van der Waals surface area (Å²) in [5.41, 5.74) is 3.15. The second-order valence-electron chi connectivity index (χ2n) is 8.89. The fourth-order valence-electron chi connectivity index (χ4n) is 4.69. The molecule has 0 atom stereocenters. The minimum Gasteiger partial charge on any atom is -0.341 e. The van der Waals surface area contributed by atoms with Crippen molar-refractivity contribution in [2.45, 2.75) is 24.2 Å². The summed E-state index contributed by atoms with van der Waals surface area (Å²) in [4.78, 5) is 31.9. The topological polar surface area (TPSA) is 40.6 Å². The molecular formula is C29H28N2O2S. The number of thioether (sulfide) groups is 1. The van der Waals surface area contributed by atoms with E-state index in [1.165, 1.54) is 17.3 Å². The molecule has 0 saturated carbocycles. The van der Waals surface area contributed by atoms with E-state index in [1.807, 2.05) is 71.6 Å². The van der Waals surface area contributed by atoms with E-state index in [2.05, 4.69) is 24.3 Å². The van der Waals surface area contributed by atoms with E-state index in [-0.39, 0.29) is 18.4 Å². The van der Waals surface area contributed by atoms with Crippen LogP contribution >= 0.6 is 11.8 Å². The summed E-state index contributed by atoms with van der Waals surface area (Å²) in [6.07, 6.45) is 4.97. The van der Waals surface area contributed by atoms with Crippen molar-refractivity contribution in [1.82, 2.24) is 4.90 Å². The molecule has 5 heteroatoms. The van der Waals surface area contributed by atoms with Crippen LogP contribution in [-0.2, 0) is 16.0 Å². The molecule has 2 amide bonds. The van der Waals surface area contributed by atoms with Crippen LogP contribution in [0.4, 0.5) is 5.69 Å². The standard InChI is InChI=1S/C29H28N2O2S/c32-28(30-17-15-24(16-18-30)19-22-9-3-1-4-10-22)21-31-25-13-7-8-14-26(25)34-27(29(31)33)20-23-11-5-2-6-12-23/h1-14,20,24H,15-19,21H2/b27-20-. The first-order valence-corrected chi connectivity index (χ1v) is 12.7. The van der Waals surface area contributed by atoms with Gasteiger partial charge in [-0.05, 0) is 54.5 Å². The van der Waals surface area contributed by atoms with Crippen LogP contribution in [-0.4, -0.2) is 36.3 Å². The van der Waals surface area contributed by atoms with Gasteiger partial charge < -0.3 is 4.90 Å². The van der Waals surface area contributed by atoms with Crippen LogP contribution in [0.1, 0.15) is 24.0 Å². The fourth-order valence-corrected chi connectivity index (χ4v) is 5.75. The molecule has 3 aromatic rings. The number of para-hydroxylation sites is 1. The molecule has 0 spiro atoms. The van der Waals surface area contributed by atoms with Crippen molar-refractivity contribution in [3.63, 3.8) is 0 Å². The summed E-state index contributed by atoms with van der Waals surface area (Å²) in [6, 6.07) is 28.2. The molecule has 34 heavy (non-hydrogen) atoms. The smallest absolute Gasteiger partial charge is 0.265 e. The molecule has 2 heterocycles. The van der Waals surface area contributed by atoms with E-state index >= 15 is 0 Å². The zero-order chi connectivity index (χ0) is 23.3. The number of carbonyl (C=O) groups is 2. The van der Waals surface area contributed by atoms with E-state index in [4.69, 9.17) is 0 Å². The Morgan fingerprint density at radius 1 is 0.882 bits per heavy atom. The average molecular weight is 469 g/mol. The van der Waals surface area contributed by atoms with Crippen molar-refractivity contribution in [1.29, 1.82) is 0 Å². The van der Waals surface area contributed by atoms with Crippen molar-refractivity contribution in [3.8, 4) is 0 Å². The van der Waals surface area contributed by atoms with Gasteiger partial charge in [-0.25, -0.2) is 0 Å². The maximum atomic E-state index is 13.4. The third kappa shape index (κ3) is 5.10. The Hall–Kier alpha value is -3.31. The van der Waals surface area contributed by atoms with Gasteiger partial charge in [0, 0.05) is 18.0 Å². The lowest BCUT2D eigenvalue weighted by Crippen LogP contribution is -2.47. The van der Waals surface area contributed by atoms with Gasteiger partial charge in [0.05, 0.1) is 10.6 Å². The minimum atomic E-state index is -0.111. The zero-order valence-electron chi connectivity index (χ0n) is 19.1. The molecule has 4 nitrogen and oxygen atoms in total. The van der Waals surface area contributed by atoms with Crippen LogP contribution in [0.5, 0.6) is 0 Å². The third-order valence-electron chi connectivity index (χ3n) is 6.56. The van der Waals surface area contributed by atoms with E-state index in [1.54, 1.807) is 4.90 Å². The Morgan fingerprint density at radius 2 is 1.53 bits per heavy atom. The van der Waals surface area contributed by atoms with Gasteiger partial charge in [-0.15, -0.1) is 0 Å². The molecule has 1 fully saturated rings. The number of benzene rings is 3. The highest BCUT2D eigenvalue weighted by Gasteiger charge is 2.32. The summed E-state index contributed by atoms with van der Waals surface area (Å²) >= 11 is 1.47. The zero-order valence-corrected chi connectivity index (χ0v) is 19.9. The van der Waals surface area contributed by atoms with E-state index in [0.29, 0.717) is 10.8 Å². The highest BCUT2D eigenvalue weighted by atomic mass is 32.2. The molecule has 1 saturated heterocycles. The first kappa shape index (κ1) is 22.5. The Kier molecular flexibility index (Phi) is 6.82. The van der Waals surface area contributed by atoms with Crippen LogP contribution in [0.15, 0.2) is 94.7 Å². The number of likely N-dealkylation sites (tertiary alicyclic amines) is 1. The summed E-state index contributed by atoms with van der Waals surface area (Å²) in [5.74, 6) is 0.507. The second-order valence-corrected chi connectivity index (χ2v) is 9.98. The van der Waals surface area contributed by atoms with Gasteiger partial charge in [-0.2, -0.15) is 0 Å². The Labute approximate surface area is 205 Å². The van der Waals surface area contributed by atoms with Crippen LogP contribution in [0, 0.1) is 5.92 Å². The lowest BCUT2D eigenvalue weighted by molar-refractivity contribution is -0.132. The Balaban J connectivity index is 1.28. The number of fused-ring (bicyclic) bond motifs is 1. The molecule has 3 aromatic carbocycles. The second kappa shape index (κ2) is 10.3. The molecule has 172 valence electrons. The van der Waals surface area contributed by atoms with E-state index in [0.717, 1.165) is 48.5 Å². The number of hydrogen-bond acceptors (Lipinski definition) is 3. The van der Waals surface area contributed by atoms with Gasteiger partial charge in [0.15, 0.2) is 0 Å². The number of nitrogens with zero attached hydrogens (tertiary/aromatic N) is 2. The van der Waals surface area contributed by atoms with Crippen LogP contribution in [0.25, 0.3) is 6.08 Å². The Morgan fingerprint density at radius 3 is 2.26 bits per heavy atom. The predicted molar refractivity (Wildman–Crippen MR) is 139 cm³/mol. The van der Waals surface area contributed by atoms with Gasteiger partial charge in [-0.1, -0.05) is 84.6 Å². The van der Waals surface area contributed by atoms with Gasteiger partial charge in [0.2, 0.25) is 5.91 Å². The van der Waals surface area contributed by atoms with Crippen molar-refractivity contribution < 1.29 is 9.59 Å². The van der Waals surface area contributed by atoms with Crippen molar-refractivity contribution >= 4 is 35.3 Å².